The predicted molar refractivity (Wildman–Crippen MR) is 115 cm³/mol. The summed E-state index contributed by atoms with van der Waals surface area (Å²) < 4.78 is 5.54. The number of benzene rings is 1. The molecule has 1 amide bonds. The number of pyridine rings is 1. The fourth-order valence-corrected chi connectivity index (χ4v) is 4.90. The number of anilines is 1. The van der Waals surface area contributed by atoms with Crippen molar-refractivity contribution in [3.63, 3.8) is 0 Å². The van der Waals surface area contributed by atoms with Crippen molar-refractivity contribution in [2.75, 3.05) is 5.32 Å². The molecule has 3 aromatic heterocycles. The lowest BCUT2D eigenvalue weighted by atomic mass is 10.1. The molecule has 0 radical (unpaired) electrons. The summed E-state index contributed by atoms with van der Waals surface area (Å²) in [4.78, 5) is 19.0. The van der Waals surface area contributed by atoms with Crippen LogP contribution in [0, 0.1) is 0 Å². The number of carbonyl (C=O) groups is 1. The fraction of sp³-hybridized carbons (Fsp3) is 0.261. The molecule has 2 aliphatic carbocycles. The third kappa shape index (κ3) is 3.02. The van der Waals surface area contributed by atoms with Gasteiger partial charge in [-0.25, -0.2) is 4.98 Å². The summed E-state index contributed by atoms with van der Waals surface area (Å²) in [6.45, 7) is 0. The summed E-state index contributed by atoms with van der Waals surface area (Å²) >= 11 is 1.57. The smallest absolute Gasteiger partial charge is 0.259 e. The number of nitrogens with zero attached hydrogens (tertiary/aromatic N) is 2. The Balaban J connectivity index is 1.42. The molecule has 0 bridgehead atoms. The summed E-state index contributed by atoms with van der Waals surface area (Å²) in [7, 11) is 0. The van der Waals surface area contributed by atoms with E-state index in [1.165, 1.54) is 0 Å². The van der Waals surface area contributed by atoms with E-state index in [2.05, 4.69) is 15.5 Å². The Labute approximate surface area is 176 Å². The van der Waals surface area contributed by atoms with Gasteiger partial charge in [0.05, 0.1) is 33.3 Å². The number of nitrogens with one attached hydrogen (secondary N) is 1. The molecule has 1 fully saturated rings. The fourth-order valence-electron chi connectivity index (χ4n) is 4.21. The van der Waals surface area contributed by atoms with Crippen LogP contribution in [0.5, 0.6) is 0 Å². The van der Waals surface area contributed by atoms with Crippen LogP contribution in [0.2, 0.25) is 0 Å². The highest BCUT2D eigenvalue weighted by Gasteiger charge is 2.32. The first kappa shape index (κ1) is 17.8. The van der Waals surface area contributed by atoms with Crippen molar-refractivity contribution >= 4 is 34.0 Å². The number of aromatic nitrogens is 2. The molecule has 0 aliphatic heterocycles. The number of rotatable bonds is 4. The lowest BCUT2D eigenvalue weighted by Gasteiger charge is -2.09. The summed E-state index contributed by atoms with van der Waals surface area (Å²) in [5, 5.41) is 19.9. The molecule has 1 saturated carbocycles. The number of thiophene rings is 1. The molecular formula is C23H19N3O3S. The minimum absolute atomic E-state index is 0.205. The summed E-state index contributed by atoms with van der Waals surface area (Å²) in [6.07, 6.45) is 3.07. The summed E-state index contributed by atoms with van der Waals surface area (Å²) in [5.41, 5.74) is 5.43. The van der Waals surface area contributed by atoms with E-state index in [1.807, 2.05) is 41.8 Å². The molecule has 6 nitrogen and oxygen atoms in total. The zero-order valence-corrected chi connectivity index (χ0v) is 16.9. The van der Waals surface area contributed by atoms with Gasteiger partial charge in [-0.2, -0.15) is 0 Å². The number of hydrogen-bond acceptors (Lipinski definition) is 6. The van der Waals surface area contributed by atoms with Crippen LogP contribution in [-0.4, -0.2) is 27.3 Å². The van der Waals surface area contributed by atoms with Gasteiger partial charge in [0.2, 0.25) is 0 Å². The van der Waals surface area contributed by atoms with Crippen molar-refractivity contribution in [3.05, 3.63) is 64.2 Å². The van der Waals surface area contributed by atoms with Crippen molar-refractivity contribution in [3.8, 4) is 10.6 Å². The van der Waals surface area contributed by atoms with E-state index in [-0.39, 0.29) is 12.0 Å². The average Bonchev–Trinajstić information content (AvgIpc) is 3.14. The lowest BCUT2D eigenvalue weighted by Crippen LogP contribution is -2.13. The Bertz CT molecular complexity index is 1270. The van der Waals surface area contributed by atoms with Crippen molar-refractivity contribution in [1.82, 2.24) is 10.1 Å². The summed E-state index contributed by atoms with van der Waals surface area (Å²) in [6, 6.07) is 11.6. The van der Waals surface area contributed by atoms with Crippen LogP contribution in [0.3, 0.4) is 0 Å². The molecule has 1 aromatic carbocycles. The SMILES string of the molecule is O=C(Nc1ccc2c(c1)CC(O)C2)c1cc(-c2cccs2)nc2onc(C3CC3)c12. The number of aliphatic hydroxyl groups excluding tert-OH is 1. The maximum absolute atomic E-state index is 13.4. The molecule has 1 atom stereocenters. The molecule has 2 N–H and O–H groups in total. The first-order chi connectivity index (χ1) is 14.7. The number of hydrogen-bond donors (Lipinski definition) is 2. The van der Waals surface area contributed by atoms with Crippen molar-refractivity contribution < 1.29 is 14.4 Å². The zero-order valence-electron chi connectivity index (χ0n) is 16.1. The van der Waals surface area contributed by atoms with Crippen LogP contribution in [0.15, 0.2) is 46.3 Å². The quantitative estimate of drug-likeness (QED) is 0.509. The molecule has 6 rings (SSSR count). The highest BCUT2D eigenvalue weighted by molar-refractivity contribution is 7.13. The van der Waals surface area contributed by atoms with Gasteiger partial charge in [0, 0.05) is 11.6 Å². The predicted octanol–water partition coefficient (Wildman–Crippen LogP) is 4.54. The lowest BCUT2D eigenvalue weighted by molar-refractivity contribution is 0.102. The van der Waals surface area contributed by atoms with Gasteiger partial charge in [-0.1, -0.05) is 17.3 Å². The Morgan fingerprint density at radius 3 is 2.83 bits per heavy atom. The van der Waals surface area contributed by atoms with E-state index < -0.39 is 0 Å². The van der Waals surface area contributed by atoms with E-state index in [9.17, 15) is 9.90 Å². The first-order valence-corrected chi connectivity index (χ1v) is 11.0. The van der Waals surface area contributed by atoms with Gasteiger partial charge in [-0.3, -0.25) is 4.79 Å². The highest BCUT2D eigenvalue weighted by Crippen LogP contribution is 2.43. The van der Waals surface area contributed by atoms with Gasteiger partial charge in [0.15, 0.2) is 0 Å². The normalized spacial score (nSPS) is 18.0. The molecule has 2 aliphatic rings. The minimum Gasteiger partial charge on any atom is -0.392 e. The molecule has 4 aromatic rings. The van der Waals surface area contributed by atoms with Crippen LogP contribution in [0.1, 0.15) is 45.9 Å². The molecule has 0 spiro atoms. The van der Waals surface area contributed by atoms with Crippen LogP contribution >= 0.6 is 11.3 Å². The van der Waals surface area contributed by atoms with Crippen molar-refractivity contribution in [2.45, 2.75) is 37.7 Å². The Hall–Kier alpha value is -3.03. The monoisotopic (exact) mass is 417 g/mol. The molecular weight excluding hydrogens is 398 g/mol. The third-order valence-electron chi connectivity index (χ3n) is 5.83. The second-order valence-corrected chi connectivity index (χ2v) is 9.00. The second-order valence-electron chi connectivity index (χ2n) is 8.05. The van der Waals surface area contributed by atoms with Crippen LogP contribution in [0.4, 0.5) is 5.69 Å². The van der Waals surface area contributed by atoms with E-state index in [0.717, 1.165) is 40.2 Å². The van der Waals surface area contributed by atoms with E-state index in [4.69, 9.17) is 4.52 Å². The van der Waals surface area contributed by atoms with Gasteiger partial charge in [-0.05, 0) is 66.5 Å². The van der Waals surface area contributed by atoms with Crippen LogP contribution < -0.4 is 5.32 Å². The van der Waals surface area contributed by atoms with Crippen LogP contribution in [-0.2, 0) is 12.8 Å². The number of aliphatic hydroxyl groups is 1. The molecule has 7 heteroatoms. The topological polar surface area (TPSA) is 88.2 Å². The Morgan fingerprint density at radius 1 is 1.17 bits per heavy atom. The zero-order chi connectivity index (χ0) is 20.2. The minimum atomic E-state index is -0.336. The molecule has 0 saturated heterocycles. The van der Waals surface area contributed by atoms with Crippen LogP contribution in [0.25, 0.3) is 21.7 Å². The summed E-state index contributed by atoms with van der Waals surface area (Å²) in [5.74, 6) is 0.137. The van der Waals surface area contributed by atoms with Gasteiger partial charge in [0.25, 0.3) is 11.6 Å². The molecule has 3 heterocycles. The number of fused-ring (bicyclic) bond motifs is 2. The average molecular weight is 417 g/mol. The van der Waals surface area contributed by atoms with Gasteiger partial charge in [0.1, 0.15) is 0 Å². The Kier molecular flexibility index (Phi) is 4.01. The number of amides is 1. The van der Waals surface area contributed by atoms with E-state index >= 15 is 0 Å². The van der Waals surface area contributed by atoms with Gasteiger partial charge >= 0.3 is 0 Å². The Morgan fingerprint density at radius 2 is 2.03 bits per heavy atom. The maximum Gasteiger partial charge on any atom is 0.259 e. The van der Waals surface area contributed by atoms with Crippen molar-refractivity contribution in [2.24, 2.45) is 0 Å². The van der Waals surface area contributed by atoms with E-state index in [0.29, 0.717) is 41.1 Å². The van der Waals surface area contributed by atoms with E-state index in [1.54, 1.807) is 11.3 Å². The second kappa shape index (κ2) is 6.75. The molecule has 150 valence electrons. The van der Waals surface area contributed by atoms with Gasteiger partial charge < -0.3 is 14.9 Å². The maximum atomic E-state index is 13.4. The third-order valence-corrected chi connectivity index (χ3v) is 6.72. The number of carbonyl (C=O) groups excluding carboxylic acids is 1. The standard InChI is InChI=1S/C23H19N3O3S/c27-16-9-13-5-6-15(8-14(13)10-16)24-22(28)17-11-18(19-2-1-7-30-19)25-23-20(17)21(26-29-23)12-3-4-12/h1-2,5-8,11-12,16,27H,3-4,9-10H2,(H,24,28). The molecule has 30 heavy (non-hydrogen) atoms. The van der Waals surface area contributed by atoms with Crippen molar-refractivity contribution in [1.29, 1.82) is 0 Å². The first-order valence-electron chi connectivity index (χ1n) is 10.1. The highest BCUT2D eigenvalue weighted by atomic mass is 32.1. The largest absolute Gasteiger partial charge is 0.392 e. The molecule has 1 unspecified atom stereocenters. The van der Waals surface area contributed by atoms with Gasteiger partial charge in [-0.15, -0.1) is 11.3 Å².